The van der Waals surface area contributed by atoms with Gasteiger partial charge in [-0.1, -0.05) is 19.8 Å². The first kappa shape index (κ1) is 11.5. The van der Waals surface area contributed by atoms with E-state index in [-0.39, 0.29) is 11.9 Å². The van der Waals surface area contributed by atoms with Crippen LogP contribution < -0.4 is 10.6 Å². The zero-order valence-electron chi connectivity index (χ0n) is 9.47. The summed E-state index contributed by atoms with van der Waals surface area (Å²) in [6.07, 6.45) is 4.01. The van der Waals surface area contributed by atoms with Gasteiger partial charge in [0.05, 0.1) is 6.04 Å². The fourth-order valence-corrected chi connectivity index (χ4v) is 2.16. The predicted molar refractivity (Wildman–Crippen MR) is 58.0 cm³/mol. The molecular weight excluding hydrogens is 176 g/mol. The van der Waals surface area contributed by atoms with Crippen LogP contribution in [0.4, 0.5) is 0 Å². The highest BCUT2D eigenvalue weighted by Crippen LogP contribution is 2.30. The lowest BCUT2D eigenvalue weighted by Gasteiger charge is -2.19. The van der Waals surface area contributed by atoms with E-state index < -0.39 is 0 Å². The Balaban J connectivity index is 2.22. The van der Waals surface area contributed by atoms with Gasteiger partial charge in [-0.25, -0.2) is 0 Å². The maximum Gasteiger partial charge on any atom is 0.236 e. The molecule has 82 valence electrons. The van der Waals surface area contributed by atoms with Crippen LogP contribution in [0.15, 0.2) is 0 Å². The molecule has 0 aromatic rings. The van der Waals surface area contributed by atoms with E-state index in [4.69, 9.17) is 0 Å². The van der Waals surface area contributed by atoms with Crippen molar-refractivity contribution < 1.29 is 4.79 Å². The fourth-order valence-electron chi connectivity index (χ4n) is 2.16. The van der Waals surface area contributed by atoms with Crippen molar-refractivity contribution in [3.05, 3.63) is 0 Å². The number of carbonyl (C=O) groups is 1. The number of hydrogen-bond acceptors (Lipinski definition) is 2. The molecule has 0 bridgehead atoms. The molecule has 0 radical (unpaired) electrons. The number of rotatable bonds is 4. The number of hydrogen-bond donors (Lipinski definition) is 2. The smallest absolute Gasteiger partial charge is 0.236 e. The second-order valence-electron chi connectivity index (χ2n) is 4.41. The molecule has 0 aliphatic heterocycles. The minimum atomic E-state index is -0.0622. The number of likely N-dealkylation sites (N-methyl/N-ethyl adjacent to an activating group) is 1. The monoisotopic (exact) mass is 198 g/mol. The molecule has 1 aliphatic carbocycles. The fraction of sp³-hybridized carbons (Fsp3) is 0.909. The average Bonchev–Trinajstić information content (AvgIpc) is 2.59. The lowest BCUT2D eigenvalue weighted by Crippen LogP contribution is -2.42. The van der Waals surface area contributed by atoms with E-state index in [0.29, 0.717) is 0 Å². The summed E-state index contributed by atoms with van der Waals surface area (Å²) >= 11 is 0. The number of nitrogens with one attached hydrogen (secondary N) is 2. The van der Waals surface area contributed by atoms with Crippen LogP contribution in [-0.2, 0) is 4.79 Å². The Hall–Kier alpha value is -0.570. The molecule has 3 nitrogen and oxygen atoms in total. The molecule has 0 saturated heterocycles. The van der Waals surface area contributed by atoms with Crippen LogP contribution in [0.5, 0.6) is 0 Å². The summed E-state index contributed by atoms with van der Waals surface area (Å²) in [6, 6.07) is -0.0622. The van der Waals surface area contributed by atoms with Gasteiger partial charge in [0.2, 0.25) is 5.91 Å². The molecular formula is C11H22N2O. The highest BCUT2D eigenvalue weighted by Gasteiger charge is 2.23. The highest BCUT2D eigenvalue weighted by atomic mass is 16.2. The maximum atomic E-state index is 11.2. The van der Waals surface area contributed by atoms with E-state index in [1.807, 2.05) is 6.92 Å². The Morgan fingerprint density at radius 2 is 2.21 bits per heavy atom. The molecule has 0 heterocycles. The predicted octanol–water partition coefficient (Wildman–Crippen LogP) is 1.15. The summed E-state index contributed by atoms with van der Waals surface area (Å²) in [6.45, 7) is 5.21. The molecule has 0 aromatic carbocycles. The van der Waals surface area contributed by atoms with Crippen LogP contribution >= 0.6 is 0 Å². The van der Waals surface area contributed by atoms with Gasteiger partial charge < -0.3 is 10.6 Å². The summed E-state index contributed by atoms with van der Waals surface area (Å²) in [5, 5.41) is 5.94. The maximum absolute atomic E-state index is 11.2. The van der Waals surface area contributed by atoms with E-state index in [9.17, 15) is 4.79 Å². The van der Waals surface area contributed by atoms with Gasteiger partial charge in [0.25, 0.3) is 0 Å². The summed E-state index contributed by atoms with van der Waals surface area (Å²) in [7, 11) is 1.68. The number of carbonyl (C=O) groups excluding carboxylic acids is 1. The van der Waals surface area contributed by atoms with Gasteiger partial charge >= 0.3 is 0 Å². The molecule has 14 heavy (non-hydrogen) atoms. The second kappa shape index (κ2) is 5.35. The topological polar surface area (TPSA) is 41.1 Å². The van der Waals surface area contributed by atoms with Crippen molar-refractivity contribution in [2.75, 3.05) is 13.6 Å². The quantitative estimate of drug-likeness (QED) is 0.711. The summed E-state index contributed by atoms with van der Waals surface area (Å²) in [5.41, 5.74) is 0. The van der Waals surface area contributed by atoms with Gasteiger partial charge in [-0.05, 0) is 31.7 Å². The van der Waals surface area contributed by atoms with Crippen LogP contribution in [0, 0.1) is 11.8 Å². The normalized spacial score (nSPS) is 28.8. The summed E-state index contributed by atoms with van der Waals surface area (Å²) in [4.78, 5) is 11.2. The van der Waals surface area contributed by atoms with Crippen molar-refractivity contribution in [2.45, 2.75) is 39.2 Å². The molecule has 2 N–H and O–H groups in total. The summed E-state index contributed by atoms with van der Waals surface area (Å²) in [5.74, 6) is 1.66. The van der Waals surface area contributed by atoms with Crippen molar-refractivity contribution in [3.8, 4) is 0 Å². The Labute approximate surface area is 86.6 Å². The van der Waals surface area contributed by atoms with E-state index in [2.05, 4.69) is 17.6 Å². The van der Waals surface area contributed by atoms with Gasteiger partial charge in [-0.15, -0.1) is 0 Å². The largest absolute Gasteiger partial charge is 0.358 e. The molecule has 1 saturated carbocycles. The zero-order valence-corrected chi connectivity index (χ0v) is 9.47. The van der Waals surface area contributed by atoms with Gasteiger partial charge in [0.15, 0.2) is 0 Å². The van der Waals surface area contributed by atoms with E-state index in [0.717, 1.165) is 18.4 Å². The molecule has 1 aliphatic rings. The first-order valence-corrected chi connectivity index (χ1v) is 5.60. The van der Waals surface area contributed by atoms with Crippen molar-refractivity contribution in [3.63, 3.8) is 0 Å². The third kappa shape index (κ3) is 2.98. The molecule has 3 atom stereocenters. The minimum absolute atomic E-state index is 0.0622. The van der Waals surface area contributed by atoms with Crippen LogP contribution in [0.2, 0.25) is 0 Å². The molecule has 0 aromatic heterocycles. The van der Waals surface area contributed by atoms with E-state index >= 15 is 0 Å². The molecule has 3 unspecified atom stereocenters. The third-order valence-electron chi connectivity index (χ3n) is 3.37. The zero-order chi connectivity index (χ0) is 10.6. The Morgan fingerprint density at radius 3 is 2.71 bits per heavy atom. The standard InChI is InChI=1S/C11H22N2O/c1-8-5-4-6-10(8)7-13-9(2)11(14)12-3/h8-10,13H,4-7H2,1-3H3,(H,12,14). The highest BCUT2D eigenvalue weighted by molar-refractivity contribution is 5.80. The SMILES string of the molecule is CNC(=O)C(C)NCC1CCCC1C. The van der Waals surface area contributed by atoms with E-state index in [1.165, 1.54) is 19.3 Å². The molecule has 1 rings (SSSR count). The Morgan fingerprint density at radius 1 is 1.50 bits per heavy atom. The molecule has 1 amide bonds. The first-order valence-electron chi connectivity index (χ1n) is 5.60. The van der Waals surface area contributed by atoms with Crippen LogP contribution in [0.3, 0.4) is 0 Å². The van der Waals surface area contributed by atoms with Crippen LogP contribution in [-0.4, -0.2) is 25.5 Å². The van der Waals surface area contributed by atoms with E-state index in [1.54, 1.807) is 7.05 Å². The number of amides is 1. The Kier molecular flexibility index (Phi) is 4.39. The second-order valence-corrected chi connectivity index (χ2v) is 4.41. The van der Waals surface area contributed by atoms with Crippen molar-refractivity contribution >= 4 is 5.91 Å². The first-order chi connectivity index (χ1) is 6.65. The van der Waals surface area contributed by atoms with Gasteiger partial charge in [0.1, 0.15) is 0 Å². The lowest BCUT2D eigenvalue weighted by atomic mass is 9.98. The van der Waals surface area contributed by atoms with Crippen molar-refractivity contribution in [2.24, 2.45) is 11.8 Å². The van der Waals surface area contributed by atoms with Gasteiger partial charge in [0, 0.05) is 7.05 Å². The minimum Gasteiger partial charge on any atom is -0.358 e. The summed E-state index contributed by atoms with van der Waals surface area (Å²) < 4.78 is 0. The third-order valence-corrected chi connectivity index (χ3v) is 3.37. The lowest BCUT2D eigenvalue weighted by molar-refractivity contribution is -0.122. The van der Waals surface area contributed by atoms with Gasteiger partial charge in [-0.3, -0.25) is 4.79 Å². The van der Waals surface area contributed by atoms with Gasteiger partial charge in [-0.2, -0.15) is 0 Å². The molecule has 3 heteroatoms. The molecule has 0 spiro atoms. The van der Waals surface area contributed by atoms with Crippen molar-refractivity contribution in [1.82, 2.24) is 10.6 Å². The van der Waals surface area contributed by atoms with Crippen LogP contribution in [0.25, 0.3) is 0 Å². The average molecular weight is 198 g/mol. The Bertz CT molecular complexity index is 194. The van der Waals surface area contributed by atoms with Crippen molar-refractivity contribution in [1.29, 1.82) is 0 Å². The van der Waals surface area contributed by atoms with Crippen LogP contribution in [0.1, 0.15) is 33.1 Å². The molecule has 1 fully saturated rings.